The lowest BCUT2D eigenvalue weighted by molar-refractivity contribution is 0.506. The number of hydrogen-bond donors (Lipinski definition) is 1. The lowest BCUT2D eigenvalue weighted by Crippen LogP contribution is -2.06. The Hall–Kier alpha value is -1.62. The van der Waals surface area contributed by atoms with Crippen LogP contribution >= 0.6 is 11.6 Å². The number of nitrogens with zero attached hydrogens (tertiary/aromatic N) is 2. The van der Waals surface area contributed by atoms with E-state index in [1.807, 2.05) is 6.92 Å². The van der Waals surface area contributed by atoms with Crippen LogP contribution in [0.15, 0.2) is 22.6 Å². The maximum absolute atomic E-state index is 13.0. The molecule has 6 heteroatoms. The molecule has 1 heterocycles. The van der Waals surface area contributed by atoms with Crippen LogP contribution in [0.3, 0.4) is 0 Å². The first kappa shape index (κ1) is 13.8. The van der Waals surface area contributed by atoms with Crippen LogP contribution in [-0.4, -0.2) is 16.7 Å². The molecule has 19 heavy (non-hydrogen) atoms. The summed E-state index contributed by atoms with van der Waals surface area (Å²) in [5.41, 5.74) is 2.02. The summed E-state index contributed by atoms with van der Waals surface area (Å²) < 4.78 is 18.3. The number of anilines is 1. The first-order valence-corrected chi connectivity index (χ1v) is 6.46. The van der Waals surface area contributed by atoms with E-state index in [1.54, 1.807) is 13.0 Å². The maximum atomic E-state index is 13.0. The molecule has 0 aliphatic heterocycles. The zero-order valence-corrected chi connectivity index (χ0v) is 11.5. The number of halogens is 2. The van der Waals surface area contributed by atoms with Gasteiger partial charge in [0.25, 0.3) is 0 Å². The highest BCUT2D eigenvalue weighted by molar-refractivity contribution is 6.20. The first-order valence-electron chi connectivity index (χ1n) is 6.02. The molecule has 0 radical (unpaired) electrons. The minimum absolute atomic E-state index is 0.216. The highest BCUT2D eigenvalue weighted by Gasteiger charge is 2.10. The standard InChI is InChI=1S/C13H15ClFN3O/c1-8-7-11(15)4-3-10(8)5-6-16-13-18-17-12(19-13)9(2)14/h3-4,7,9H,5-6H2,1-2H3,(H,16,18). The number of aromatic nitrogens is 2. The van der Waals surface area contributed by atoms with Crippen LogP contribution < -0.4 is 5.32 Å². The lowest BCUT2D eigenvalue weighted by Gasteiger charge is -2.05. The second kappa shape index (κ2) is 6.02. The molecule has 1 atom stereocenters. The molecule has 0 amide bonds. The molecule has 1 N–H and O–H groups in total. The quantitative estimate of drug-likeness (QED) is 0.854. The zero-order valence-electron chi connectivity index (χ0n) is 10.8. The molecule has 0 saturated carbocycles. The van der Waals surface area contributed by atoms with E-state index in [4.69, 9.17) is 16.0 Å². The van der Waals surface area contributed by atoms with Gasteiger partial charge in [-0.2, -0.15) is 0 Å². The number of nitrogens with one attached hydrogen (secondary N) is 1. The van der Waals surface area contributed by atoms with Gasteiger partial charge in [-0.1, -0.05) is 11.2 Å². The number of aryl methyl sites for hydroxylation is 1. The Morgan fingerprint density at radius 1 is 1.42 bits per heavy atom. The molecule has 2 rings (SSSR count). The predicted octanol–water partition coefficient (Wildman–Crippen LogP) is 3.47. The third-order valence-corrected chi connectivity index (χ3v) is 2.94. The van der Waals surface area contributed by atoms with Crippen molar-refractivity contribution in [3.05, 3.63) is 41.0 Å². The van der Waals surface area contributed by atoms with Gasteiger partial charge < -0.3 is 9.73 Å². The summed E-state index contributed by atoms with van der Waals surface area (Å²) in [5, 5.41) is 10.4. The number of rotatable bonds is 5. The van der Waals surface area contributed by atoms with E-state index in [0.29, 0.717) is 18.5 Å². The summed E-state index contributed by atoms with van der Waals surface area (Å²) in [6, 6.07) is 5.12. The molecule has 0 aliphatic rings. The van der Waals surface area contributed by atoms with E-state index in [1.165, 1.54) is 12.1 Å². The molecular weight excluding hydrogens is 269 g/mol. The van der Waals surface area contributed by atoms with Crippen LogP contribution in [-0.2, 0) is 6.42 Å². The van der Waals surface area contributed by atoms with E-state index in [9.17, 15) is 4.39 Å². The highest BCUT2D eigenvalue weighted by Crippen LogP contribution is 2.19. The normalized spacial score (nSPS) is 12.4. The van der Waals surface area contributed by atoms with Crippen molar-refractivity contribution in [2.45, 2.75) is 25.6 Å². The summed E-state index contributed by atoms with van der Waals surface area (Å²) in [4.78, 5) is 0. The van der Waals surface area contributed by atoms with Gasteiger partial charge in [-0.3, -0.25) is 0 Å². The monoisotopic (exact) mass is 283 g/mol. The van der Waals surface area contributed by atoms with Crippen molar-refractivity contribution < 1.29 is 8.81 Å². The number of benzene rings is 1. The Morgan fingerprint density at radius 3 is 2.84 bits per heavy atom. The smallest absolute Gasteiger partial charge is 0.315 e. The number of alkyl halides is 1. The van der Waals surface area contributed by atoms with Gasteiger partial charge in [0.15, 0.2) is 0 Å². The van der Waals surface area contributed by atoms with Gasteiger partial charge in [-0.25, -0.2) is 4.39 Å². The van der Waals surface area contributed by atoms with E-state index in [2.05, 4.69) is 15.5 Å². The third-order valence-electron chi connectivity index (χ3n) is 2.76. The fourth-order valence-corrected chi connectivity index (χ4v) is 1.80. The second-order valence-corrected chi connectivity index (χ2v) is 4.96. The Bertz CT molecular complexity index is 557. The van der Waals surface area contributed by atoms with Gasteiger partial charge in [0.2, 0.25) is 5.89 Å². The fraction of sp³-hybridized carbons (Fsp3) is 0.385. The summed E-state index contributed by atoms with van der Waals surface area (Å²) >= 11 is 5.82. The molecule has 0 bridgehead atoms. The second-order valence-electron chi connectivity index (χ2n) is 4.31. The van der Waals surface area contributed by atoms with Crippen LogP contribution in [0, 0.1) is 12.7 Å². The summed E-state index contributed by atoms with van der Waals surface area (Å²) in [6.45, 7) is 4.28. The number of hydrogen-bond acceptors (Lipinski definition) is 4. The van der Waals surface area contributed by atoms with Gasteiger partial charge in [-0.05, 0) is 43.5 Å². The SMILES string of the molecule is Cc1cc(F)ccc1CCNc1nnc(C(C)Cl)o1. The third kappa shape index (κ3) is 3.67. The topological polar surface area (TPSA) is 51.0 Å². The fourth-order valence-electron chi connectivity index (χ4n) is 1.71. The molecule has 0 fully saturated rings. The minimum atomic E-state index is -0.303. The van der Waals surface area contributed by atoms with E-state index in [-0.39, 0.29) is 11.2 Å². The van der Waals surface area contributed by atoms with E-state index >= 15 is 0 Å². The van der Waals surface area contributed by atoms with Crippen molar-refractivity contribution >= 4 is 17.6 Å². The van der Waals surface area contributed by atoms with E-state index in [0.717, 1.165) is 17.5 Å². The van der Waals surface area contributed by atoms with Crippen molar-refractivity contribution in [1.82, 2.24) is 10.2 Å². The predicted molar refractivity (Wildman–Crippen MR) is 71.9 cm³/mol. The summed E-state index contributed by atoms with van der Waals surface area (Å²) in [5.74, 6) is 0.175. The van der Waals surface area contributed by atoms with Crippen molar-refractivity contribution in [1.29, 1.82) is 0 Å². The average molecular weight is 284 g/mol. The van der Waals surface area contributed by atoms with Gasteiger partial charge in [0.1, 0.15) is 11.2 Å². The van der Waals surface area contributed by atoms with E-state index < -0.39 is 0 Å². The summed E-state index contributed by atoms with van der Waals surface area (Å²) in [7, 11) is 0. The highest BCUT2D eigenvalue weighted by atomic mass is 35.5. The molecule has 0 saturated heterocycles. The molecule has 4 nitrogen and oxygen atoms in total. The molecule has 102 valence electrons. The summed E-state index contributed by atoms with van der Waals surface area (Å²) in [6.07, 6.45) is 0.750. The molecular formula is C13H15ClFN3O. The van der Waals surface area contributed by atoms with Gasteiger partial charge in [0.05, 0.1) is 0 Å². The van der Waals surface area contributed by atoms with Crippen molar-refractivity contribution in [3.8, 4) is 0 Å². The van der Waals surface area contributed by atoms with Crippen LogP contribution in [0.4, 0.5) is 10.4 Å². The van der Waals surface area contributed by atoms with Crippen molar-refractivity contribution in [2.24, 2.45) is 0 Å². The molecule has 0 aliphatic carbocycles. The molecule has 1 unspecified atom stereocenters. The van der Waals surface area contributed by atoms with Crippen LogP contribution in [0.2, 0.25) is 0 Å². The van der Waals surface area contributed by atoms with Gasteiger partial charge in [-0.15, -0.1) is 16.7 Å². The van der Waals surface area contributed by atoms with Crippen LogP contribution in [0.25, 0.3) is 0 Å². The van der Waals surface area contributed by atoms with Crippen LogP contribution in [0.1, 0.15) is 29.3 Å². The maximum Gasteiger partial charge on any atom is 0.315 e. The molecule has 2 aromatic rings. The van der Waals surface area contributed by atoms with Gasteiger partial charge in [0, 0.05) is 6.54 Å². The minimum Gasteiger partial charge on any atom is -0.407 e. The Labute approximate surface area is 116 Å². The Balaban J connectivity index is 1.89. The Kier molecular flexibility index (Phi) is 4.37. The van der Waals surface area contributed by atoms with Crippen LogP contribution in [0.5, 0.6) is 0 Å². The van der Waals surface area contributed by atoms with Gasteiger partial charge >= 0.3 is 6.01 Å². The zero-order chi connectivity index (χ0) is 13.8. The first-order chi connectivity index (χ1) is 9.06. The molecule has 1 aromatic heterocycles. The average Bonchev–Trinajstić information content (AvgIpc) is 2.81. The van der Waals surface area contributed by atoms with Crippen molar-refractivity contribution in [2.75, 3.05) is 11.9 Å². The Morgan fingerprint density at radius 2 is 2.21 bits per heavy atom. The molecule has 1 aromatic carbocycles. The lowest BCUT2D eigenvalue weighted by atomic mass is 10.1. The molecule has 0 spiro atoms. The largest absolute Gasteiger partial charge is 0.407 e. The van der Waals surface area contributed by atoms with Crippen molar-refractivity contribution in [3.63, 3.8) is 0 Å².